The normalized spacial score (nSPS) is 16.9. The number of amides is 1. The second kappa shape index (κ2) is 11.4. The Hall–Kier alpha value is -2.94. The van der Waals surface area contributed by atoms with Crippen LogP contribution in [0.25, 0.3) is 21.9 Å². The van der Waals surface area contributed by atoms with Crippen molar-refractivity contribution in [2.45, 2.75) is 51.1 Å². The Bertz CT molecular complexity index is 1450. The highest BCUT2D eigenvalue weighted by Gasteiger charge is 2.29. The first-order valence-electron chi connectivity index (χ1n) is 13.1. The number of anilines is 1. The first-order valence-corrected chi connectivity index (χ1v) is 13.9. The minimum Gasteiger partial charge on any atom is -0.360 e. The molecule has 38 heavy (non-hydrogen) atoms. The molecule has 10 heteroatoms. The lowest BCUT2D eigenvalue weighted by Gasteiger charge is -2.36. The number of aromatic nitrogens is 4. The third kappa shape index (κ3) is 5.72. The molecule has 1 saturated heterocycles. The number of hydrogen-bond donors (Lipinski definition) is 2. The van der Waals surface area contributed by atoms with Crippen LogP contribution in [0.1, 0.15) is 61.3 Å². The quantitative estimate of drug-likeness (QED) is 0.265. The number of H-pyrrole nitrogens is 1. The van der Waals surface area contributed by atoms with Crippen molar-refractivity contribution >= 4 is 56.9 Å². The fourth-order valence-corrected chi connectivity index (χ4v) is 5.62. The smallest absolute Gasteiger partial charge is 0.255 e. The number of nitrogens with one attached hydrogen (secondary N) is 2. The summed E-state index contributed by atoms with van der Waals surface area (Å²) in [6, 6.07) is 9.22. The van der Waals surface area contributed by atoms with E-state index < -0.39 is 0 Å². The summed E-state index contributed by atoms with van der Waals surface area (Å²) < 4.78 is 0. The van der Waals surface area contributed by atoms with Gasteiger partial charge in [0, 0.05) is 23.0 Å². The molecular formula is C28H33Cl2N7O. The van der Waals surface area contributed by atoms with Gasteiger partial charge >= 0.3 is 0 Å². The van der Waals surface area contributed by atoms with Crippen molar-refractivity contribution in [2.24, 2.45) is 0 Å². The van der Waals surface area contributed by atoms with E-state index in [0.717, 1.165) is 67.4 Å². The molecule has 0 spiro atoms. The van der Waals surface area contributed by atoms with Crippen LogP contribution in [0, 0.1) is 0 Å². The van der Waals surface area contributed by atoms with Crippen LogP contribution in [0.3, 0.4) is 0 Å². The number of carbonyl (C=O) groups is 1. The number of hydrogen-bond acceptors (Lipinski definition) is 6. The molecule has 1 aliphatic rings. The standard InChI is InChI=1S/C28H33Cl2N7O/c1-17(26-34-23-10-9-18(29)13-25(23)35-26)33-27-21-14-22(30)20(15-24(21)31-16-32-27)28(38)37-12-5-4-7-19(37)8-6-11-36(2)3/h9-10,13-17,19H,4-8,11-12H2,1-3H3,(H,34,35)(H,31,32,33). The van der Waals surface area contributed by atoms with E-state index in [1.165, 1.54) is 6.33 Å². The molecule has 2 atom stereocenters. The van der Waals surface area contributed by atoms with Gasteiger partial charge in [-0.15, -0.1) is 0 Å². The van der Waals surface area contributed by atoms with Gasteiger partial charge in [-0.05, 0) is 90.0 Å². The van der Waals surface area contributed by atoms with Crippen LogP contribution in [0.2, 0.25) is 10.0 Å². The van der Waals surface area contributed by atoms with Crippen molar-refractivity contribution in [2.75, 3.05) is 32.5 Å². The summed E-state index contributed by atoms with van der Waals surface area (Å²) in [5.74, 6) is 1.37. The number of benzene rings is 2. The highest BCUT2D eigenvalue weighted by atomic mass is 35.5. The van der Waals surface area contributed by atoms with E-state index in [0.29, 0.717) is 26.9 Å². The largest absolute Gasteiger partial charge is 0.360 e. The number of imidazole rings is 1. The zero-order chi connectivity index (χ0) is 26.8. The van der Waals surface area contributed by atoms with Crippen molar-refractivity contribution in [3.05, 3.63) is 58.1 Å². The highest BCUT2D eigenvalue weighted by Crippen LogP contribution is 2.32. The topological polar surface area (TPSA) is 90.0 Å². The number of fused-ring (bicyclic) bond motifs is 2. The molecule has 1 amide bonds. The van der Waals surface area contributed by atoms with Crippen molar-refractivity contribution in [3.8, 4) is 0 Å². The molecule has 3 heterocycles. The number of carbonyl (C=O) groups excluding carboxylic acids is 1. The van der Waals surface area contributed by atoms with E-state index >= 15 is 0 Å². The molecule has 8 nitrogen and oxygen atoms in total. The summed E-state index contributed by atoms with van der Waals surface area (Å²) in [5.41, 5.74) is 2.87. The second-order valence-electron chi connectivity index (χ2n) is 10.3. The van der Waals surface area contributed by atoms with E-state index in [4.69, 9.17) is 23.2 Å². The van der Waals surface area contributed by atoms with Gasteiger partial charge in [0.2, 0.25) is 0 Å². The third-order valence-corrected chi connectivity index (χ3v) is 7.76. The zero-order valence-corrected chi connectivity index (χ0v) is 23.5. The molecule has 0 saturated carbocycles. The van der Waals surface area contributed by atoms with Crippen molar-refractivity contribution in [3.63, 3.8) is 0 Å². The SMILES string of the molecule is CC(Nc1ncnc2cc(C(=O)N3CCCCC3CCCN(C)C)c(Cl)cc12)c1nc2ccc(Cl)cc2[nH]1. The number of nitrogens with zero attached hydrogens (tertiary/aromatic N) is 5. The van der Waals surface area contributed by atoms with Crippen LogP contribution < -0.4 is 5.32 Å². The van der Waals surface area contributed by atoms with Gasteiger partial charge in [0.05, 0.1) is 33.2 Å². The van der Waals surface area contributed by atoms with E-state index in [9.17, 15) is 4.79 Å². The average molecular weight is 555 g/mol. The van der Waals surface area contributed by atoms with Crippen LogP contribution in [-0.2, 0) is 0 Å². The summed E-state index contributed by atoms with van der Waals surface area (Å²) in [5, 5.41) is 5.23. The van der Waals surface area contributed by atoms with E-state index in [1.54, 1.807) is 12.1 Å². The molecule has 2 aromatic carbocycles. The van der Waals surface area contributed by atoms with Gasteiger partial charge < -0.3 is 20.1 Å². The van der Waals surface area contributed by atoms with Crippen molar-refractivity contribution in [1.82, 2.24) is 29.7 Å². The van der Waals surface area contributed by atoms with Gasteiger partial charge in [-0.2, -0.15) is 0 Å². The van der Waals surface area contributed by atoms with Crippen LogP contribution in [0.15, 0.2) is 36.7 Å². The van der Waals surface area contributed by atoms with E-state index in [1.807, 2.05) is 30.0 Å². The minimum absolute atomic E-state index is 0.0196. The molecule has 2 N–H and O–H groups in total. The predicted molar refractivity (Wildman–Crippen MR) is 154 cm³/mol. The van der Waals surface area contributed by atoms with Crippen molar-refractivity contribution in [1.29, 1.82) is 0 Å². The molecule has 1 aliphatic heterocycles. The number of piperidine rings is 1. The molecule has 200 valence electrons. The molecule has 0 aliphatic carbocycles. The van der Waals surface area contributed by atoms with Gasteiger partial charge in [0.25, 0.3) is 5.91 Å². The molecule has 2 aromatic heterocycles. The molecule has 4 aromatic rings. The Kier molecular flexibility index (Phi) is 8.02. The van der Waals surface area contributed by atoms with E-state index in [2.05, 4.69) is 44.2 Å². The van der Waals surface area contributed by atoms with Gasteiger partial charge in [0.1, 0.15) is 18.0 Å². The summed E-state index contributed by atoms with van der Waals surface area (Å²) >= 11 is 12.9. The lowest BCUT2D eigenvalue weighted by Crippen LogP contribution is -2.44. The molecule has 5 rings (SSSR count). The Balaban J connectivity index is 1.38. The first-order chi connectivity index (χ1) is 18.3. The molecule has 2 unspecified atom stereocenters. The monoisotopic (exact) mass is 553 g/mol. The Morgan fingerprint density at radius 2 is 2.03 bits per heavy atom. The van der Waals surface area contributed by atoms with Crippen LogP contribution in [0.5, 0.6) is 0 Å². The predicted octanol–water partition coefficient (Wildman–Crippen LogP) is 6.32. The number of likely N-dealkylation sites (tertiary alicyclic amines) is 1. The number of aromatic amines is 1. The minimum atomic E-state index is -0.171. The zero-order valence-electron chi connectivity index (χ0n) is 22.0. The molecule has 0 bridgehead atoms. The maximum absolute atomic E-state index is 13.7. The molecule has 0 radical (unpaired) electrons. The van der Waals surface area contributed by atoms with Gasteiger partial charge in [-0.25, -0.2) is 15.0 Å². The van der Waals surface area contributed by atoms with Gasteiger partial charge in [0.15, 0.2) is 0 Å². The highest BCUT2D eigenvalue weighted by molar-refractivity contribution is 6.35. The van der Waals surface area contributed by atoms with Crippen LogP contribution in [0.4, 0.5) is 5.82 Å². The summed E-state index contributed by atoms with van der Waals surface area (Å²) in [7, 11) is 4.16. The first kappa shape index (κ1) is 26.7. The van der Waals surface area contributed by atoms with Crippen LogP contribution >= 0.6 is 23.2 Å². The average Bonchev–Trinajstić information content (AvgIpc) is 3.32. The summed E-state index contributed by atoms with van der Waals surface area (Å²) in [6.07, 6.45) is 6.77. The maximum atomic E-state index is 13.7. The lowest BCUT2D eigenvalue weighted by molar-refractivity contribution is 0.0596. The number of rotatable bonds is 8. The van der Waals surface area contributed by atoms with Crippen LogP contribution in [-0.4, -0.2) is 68.9 Å². The fraction of sp³-hybridized carbons (Fsp3) is 0.429. The number of halogens is 2. The Morgan fingerprint density at radius 3 is 2.84 bits per heavy atom. The Labute approximate surface area is 232 Å². The Morgan fingerprint density at radius 1 is 1.18 bits per heavy atom. The second-order valence-corrected chi connectivity index (χ2v) is 11.2. The molecule has 1 fully saturated rings. The maximum Gasteiger partial charge on any atom is 0.255 e. The van der Waals surface area contributed by atoms with Crippen molar-refractivity contribution < 1.29 is 4.79 Å². The summed E-state index contributed by atoms with van der Waals surface area (Å²) in [4.78, 5) is 34.8. The lowest BCUT2D eigenvalue weighted by atomic mass is 9.96. The fourth-order valence-electron chi connectivity index (χ4n) is 5.20. The third-order valence-electron chi connectivity index (χ3n) is 7.21. The van der Waals surface area contributed by atoms with Gasteiger partial charge in [-0.3, -0.25) is 4.79 Å². The van der Waals surface area contributed by atoms with E-state index in [-0.39, 0.29) is 18.0 Å². The van der Waals surface area contributed by atoms with Gasteiger partial charge in [-0.1, -0.05) is 23.2 Å². The summed E-state index contributed by atoms with van der Waals surface area (Å²) in [6.45, 7) is 3.78. The molecular weight excluding hydrogens is 521 g/mol.